The van der Waals surface area contributed by atoms with Gasteiger partial charge in [-0.25, -0.2) is 4.39 Å². The topological polar surface area (TPSA) is 38.8 Å². The van der Waals surface area contributed by atoms with Crippen molar-refractivity contribution in [3.63, 3.8) is 0 Å². The third-order valence-electron chi connectivity index (χ3n) is 5.50. The van der Waals surface area contributed by atoms with Gasteiger partial charge in [-0.3, -0.25) is 4.79 Å². The zero-order valence-corrected chi connectivity index (χ0v) is 16.2. The van der Waals surface area contributed by atoms with Crippen LogP contribution < -0.4 is 9.47 Å². The quantitative estimate of drug-likeness (QED) is 0.678. The standard InChI is InChI=1S/C23H26FNO3/c1-27-22-14-17(9-12-21(22)28-20-7-2-3-8-20)23(26)25(19-10-11-19)15-16-5-4-6-18(24)13-16/h4-6,9,12-14,19-20H,2-3,7-8,10-11,15H2,1H3. The van der Waals surface area contributed by atoms with Gasteiger partial charge in [0.1, 0.15) is 5.82 Å². The summed E-state index contributed by atoms with van der Waals surface area (Å²) < 4.78 is 25.1. The van der Waals surface area contributed by atoms with Gasteiger partial charge in [0, 0.05) is 18.2 Å². The van der Waals surface area contributed by atoms with E-state index in [0.29, 0.717) is 23.6 Å². The highest BCUT2D eigenvalue weighted by Gasteiger charge is 2.33. The van der Waals surface area contributed by atoms with E-state index in [1.54, 1.807) is 25.3 Å². The molecule has 4 rings (SSSR count). The molecule has 2 aromatic carbocycles. The van der Waals surface area contributed by atoms with E-state index in [9.17, 15) is 9.18 Å². The summed E-state index contributed by atoms with van der Waals surface area (Å²) in [6, 6.07) is 12.0. The maximum absolute atomic E-state index is 13.5. The summed E-state index contributed by atoms with van der Waals surface area (Å²) in [6.45, 7) is 0.407. The zero-order valence-electron chi connectivity index (χ0n) is 16.2. The lowest BCUT2D eigenvalue weighted by atomic mass is 10.1. The van der Waals surface area contributed by atoms with Crippen molar-refractivity contribution in [1.82, 2.24) is 4.90 Å². The molecule has 0 bridgehead atoms. The lowest BCUT2D eigenvalue weighted by Crippen LogP contribution is -2.32. The number of carbonyl (C=O) groups excluding carboxylic acids is 1. The Morgan fingerprint density at radius 1 is 1.07 bits per heavy atom. The van der Waals surface area contributed by atoms with Gasteiger partial charge in [-0.2, -0.15) is 0 Å². The molecule has 2 aliphatic carbocycles. The summed E-state index contributed by atoms with van der Waals surface area (Å²) in [5.74, 6) is 0.932. The van der Waals surface area contributed by atoms with Crippen molar-refractivity contribution in [2.24, 2.45) is 0 Å². The number of methoxy groups -OCH3 is 1. The first kappa shape index (κ1) is 18.8. The van der Waals surface area contributed by atoms with Crippen molar-refractivity contribution in [2.75, 3.05) is 7.11 Å². The average Bonchev–Trinajstić information content (AvgIpc) is 3.42. The van der Waals surface area contributed by atoms with Crippen molar-refractivity contribution < 1.29 is 18.7 Å². The van der Waals surface area contributed by atoms with Crippen molar-refractivity contribution in [3.8, 4) is 11.5 Å². The molecule has 0 heterocycles. The summed E-state index contributed by atoms with van der Waals surface area (Å²) in [4.78, 5) is 15.0. The number of amides is 1. The molecule has 148 valence electrons. The molecule has 2 fully saturated rings. The Morgan fingerprint density at radius 2 is 1.86 bits per heavy atom. The molecule has 0 unspecified atom stereocenters. The van der Waals surface area contributed by atoms with Crippen LogP contribution in [-0.2, 0) is 6.54 Å². The molecular weight excluding hydrogens is 357 g/mol. The number of rotatable bonds is 7. The normalized spacial score (nSPS) is 16.8. The number of halogens is 1. The van der Waals surface area contributed by atoms with E-state index in [1.165, 1.54) is 25.0 Å². The molecule has 0 N–H and O–H groups in total. The second kappa shape index (κ2) is 8.21. The molecule has 0 aromatic heterocycles. The summed E-state index contributed by atoms with van der Waals surface area (Å²) >= 11 is 0. The van der Waals surface area contributed by atoms with E-state index >= 15 is 0 Å². The predicted octanol–water partition coefficient (Wildman–Crippen LogP) is 4.96. The molecule has 28 heavy (non-hydrogen) atoms. The monoisotopic (exact) mass is 383 g/mol. The van der Waals surface area contributed by atoms with Crippen LogP contribution in [0.15, 0.2) is 42.5 Å². The van der Waals surface area contributed by atoms with E-state index in [2.05, 4.69) is 0 Å². The molecule has 2 aliphatic rings. The highest BCUT2D eigenvalue weighted by atomic mass is 19.1. The number of benzene rings is 2. The fourth-order valence-electron chi connectivity index (χ4n) is 3.83. The molecule has 0 atom stereocenters. The molecular formula is C23H26FNO3. The molecule has 1 amide bonds. The van der Waals surface area contributed by atoms with Crippen molar-refractivity contribution in [2.45, 2.75) is 57.2 Å². The minimum atomic E-state index is -0.282. The van der Waals surface area contributed by atoms with E-state index in [1.807, 2.05) is 17.0 Å². The lowest BCUT2D eigenvalue weighted by molar-refractivity contribution is 0.0729. The molecule has 0 radical (unpaired) electrons. The largest absolute Gasteiger partial charge is 0.493 e. The van der Waals surface area contributed by atoms with Crippen molar-refractivity contribution >= 4 is 5.91 Å². The zero-order chi connectivity index (χ0) is 19.5. The van der Waals surface area contributed by atoms with Crippen LogP contribution in [0.3, 0.4) is 0 Å². The number of nitrogens with zero attached hydrogens (tertiary/aromatic N) is 1. The third-order valence-corrected chi connectivity index (χ3v) is 5.50. The Hall–Kier alpha value is -2.56. The van der Waals surface area contributed by atoms with Gasteiger partial charge in [-0.05, 0) is 74.4 Å². The summed E-state index contributed by atoms with van der Waals surface area (Å²) in [5.41, 5.74) is 1.37. The van der Waals surface area contributed by atoms with Gasteiger partial charge < -0.3 is 14.4 Å². The smallest absolute Gasteiger partial charge is 0.254 e. The predicted molar refractivity (Wildman–Crippen MR) is 105 cm³/mol. The maximum Gasteiger partial charge on any atom is 0.254 e. The average molecular weight is 383 g/mol. The van der Waals surface area contributed by atoms with Gasteiger partial charge in [0.15, 0.2) is 11.5 Å². The Labute approximate surface area is 165 Å². The van der Waals surface area contributed by atoms with Crippen LogP contribution in [0.1, 0.15) is 54.4 Å². The molecule has 4 nitrogen and oxygen atoms in total. The lowest BCUT2D eigenvalue weighted by Gasteiger charge is -2.23. The summed E-state index contributed by atoms with van der Waals surface area (Å²) in [7, 11) is 1.59. The number of hydrogen-bond donors (Lipinski definition) is 0. The third kappa shape index (κ3) is 4.29. The summed E-state index contributed by atoms with van der Waals surface area (Å²) in [6.07, 6.45) is 6.72. The van der Waals surface area contributed by atoms with Gasteiger partial charge in [-0.15, -0.1) is 0 Å². The van der Waals surface area contributed by atoms with Crippen LogP contribution in [0.5, 0.6) is 11.5 Å². The van der Waals surface area contributed by atoms with Gasteiger partial charge >= 0.3 is 0 Å². The molecule has 0 saturated heterocycles. The second-order valence-electron chi connectivity index (χ2n) is 7.68. The number of hydrogen-bond acceptors (Lipinski definition) is 3. The van der Waals surface area contributed by atoms with E-state index < -0.39 is 0 Å². The fraction of sp³-hybridized carbons (Fsp3) is 0.435. The fourth-order valence-corrected chi connectivity index (χ4v) is 3.83. The van der Waals surface area contributed by atoms with Crippen LogP contribution in [0, 0.1) is 5.82 Å². The van der Waals surface area contributed by atoms with Crippen molar-refractivity contribution in [3.05, 3.63) is 59.4 Å². The van der Waals surface area contributed by atoms with Crippen LogP contribution in [0.2, 0.25) is 0 Å². The Kier molecular flexibility index (Phi) is 5.51. The molecule has 2 aromatic rings. The first-order valence-corrected chi connectivity index (χ1v) is 10.0. The Balaban J connectivity index is 1.53. The van der Waals surface area contributed by atoms with Crippen LogP contribution in [-0.4, -0.2) is 30.1 Å². The molecule has 2 saturated carbocycles. The maximum atomic E-state index is 13.5. The summed E-state index contributed by atoms with van der Waals surface area (Å²) in [5, 5.41) is 0. The minimum absolute atomic E-state index is 0.0579. The highest BCUT2D eigenvalue weighted by molar-refractivity contribution is 5.95. The van der Waals surface area contributed by atoms with Crippen molar-refractivity contribution in [1.29, 1.82) is 0 Å². The van der Waals surface area contributed by atoms with Crippen LogP contribution in [0.4, 0.5) is 4.39 Å². The van der Waals surface area contributed by atoms with E-state index in [0.717, 1.165) is 31.2 Å². The van der Waals surface area contributed by atoms with Gasteiger partial charge in [0.2, 0.25) is 0 Å². The number of carbonyl (C=O) groups is 1. The number of ether oxygens (including phenoxy) is 2. The van der Waals surface area contributed by atoms with E-state index in [-0.39, 0.29) is 23.9 Å². The SMILES string of the molecule is COc1cc(C(=O)N(Cc2cccc(F)c2)C2CC2)ccc1OC1CCCC1. The second-order valence-corrected chi connectivity index (χ2v) is 7.68. The van der Waals surface area contributed by atoms with Gasteiger partial charge in [0.05, 0.1) is 13.2 Å². The molecule has 0 aliphatic heterocycles. The first-order valence-electron chi connectivity index (χ1n) is 10.0. The van der Waals surface area contributed by atoms with E-state index in [4.69, 9.17) is 9.47 Å². The van der Waals surface area contributed by atoms with Crippen LogP contribution >= 0.6 is 0 Å². The first-order chi connectivity index (χ1) is 13.6. The van der Waals surface area contributed by atoms with Gasteiger partial charge in [0.25, 0.3) is 5.91 Å². The minimum Gasteiger partial charge on any atom is -0.493 e. The molecule has 0 spiro atoms. The Bertz CT molecular complexity index is 843. The van der Waals surface area contributed by atoms with Gasteiger partial charge in [-0.1, -0.05) is 12.1 Å². The Morgan fingerprint density at radius 3 is 2.54 bits per heavy atom. The van der Waals surface area contributed by atoms with Crippen LogP contribution in [0.25, 0.3) is 0 Å². The highest BCUT2D eigenvalue weighted by Crippen LogP contribution is 2.34. The molecule has 5 heteroatoms.